The summed E-state index contributed by atoms with van der Waals surface area (Å²) in [5.74, 6) is -0.815. The van der Waals surface area contributed by atoms with E-state index in [1.807, 2.05) is 64.4 Å². The Bertz CT molecular complexity index is 1680. The average Bonchev–Trinajstić information content (AvgIpc) is 3.68. The number of carbonyl (C=O) groups excluding carboxylic acids is 4. The van der Waals surface area contributed by atoms with Crippen LogP contribution in [0.4, 0.5) is 4.79 Å². The second-order valence-corrected chi connectivity index (χ2v) is 15.6. The number of aryl methyl sites for hydroxylation is 1. The minimum Gasteiger partial charge on any atom is -0.482 e. The Morgan fingerprint density at radius 3 is 2.31 bits per heavy atom. The van der Waals surface area contributed by atoms with Crippen molar-refractivity contribution >= 4 is 35.2 Å². The summed E-state index contributed by atoms with van der Waals surface area (Å²) in [5, 5.41) is 18.9. The molecule has 1 aliphatic rings. The highest BCUT2D eigenvalue weighted by Crippen LogP contribution is 2.29. The highest BCUT2D eigenvalue weighted by Gasteiger charge is 2.44. The Morgan fingerprint density at radius 2 is 1.71 bits per heavy atom. The number of nitrogens with one attached hydrogen (secondary N) is 3. The number of aliphatic hydroxyl groups excluding tert-OH is 1. The molecule has 14 nitrogen and oxygen atoms in total. The van der Waals surface area contributed by atoms with Crippen LogP contribution >= 0.6 is 11.3 Å². The van der Waals surface area contributed by atoms with E-state index in [9.17, 15) is 24.3 Å². The van der Waals surface area contributed by atoms with Crippen LogP contribution in [0.3, 0.4) is 0 Å². The van der Waals surface area contributed by atoms with Crippen LogP contribution < -0.4 is 25.4 Å². The fraction of sp³-hybridized carbons (Fsp3) is 0.514. The van der Waals surface area contributed by atoms with E-state index in [1.54, 1.807) is 44.2 Å². The van der Waals surface area contributed by atoms with E-state index in [0.29, 0.717) is 11.6 Å². The number of thiazole rings is 1. The summed E-state index contributed by atoms with van der Waals surface area (Å²) in [7, 11) is 0. The lowest BCUT2D eigenvalue weighted by molar-refractivity contribution is -0.144. The van der Waals surface area contributed by atoms with Crippen molar-refractivity contribution in [2.45, 2.75) is 91.6 Å². The number of amides is 4. The number of β-amino-alcohol motifs (C(OH)–C–C–N with tert-alkyl or cyclic N) is 1. The number of carbonyl (C=O) groups is 4. The molecule has 4 atom stereocenters. The molecule has 4 N–H and O–H groups in total. The fourth-order valence-corrected chi connectivity index (χ4v) is 6.34. The van der Waals surface area contributed by atoms with Gasteiger partial charge in [-0.1, -0.05) is 45.0 Å². The summed E-state index contributed by atoms with van der Waals surface area (Å²) < 4.78 is 16.3. The highest BCUT2D eigenvalue weighted by molar-refractivity contribution is 7.13. The molecule has 3 heterocycles. The molecule has 4 rings (SSSR count). The molecule has 0 unspecified atom stereocenters. The van der Waals surface area contributed by atoms with Gasteiger partial charge < -0.3 is 40.2 Å². The zero-order chi connectivity index (χ0) is 38.2. The summed E-state index contributed by atoms with van der Waals surface area (Å²) in [6.07, 6.45) is 0.0326. The zero-order valence-electron chi connectivity index (χ0n) is 31.0. The van der Waals surface area contributed by atoms with E-state index in [0.717, 1.165) is 21.7 Å². The lowest BCUT2D eigenvalue weighted by atomic mass is 9.85. The van der Waals surface area contributed by atoms with E-state index in [-0.39, 0.29) is 38.1 Å². The van der Waals surface area contributed by atoms with Gasteiger partial charge in [0.25, 0.3) is 5.91 Å². The van der Waals surface area contributed by atoms with Gasteiger partial charge in [-0.05, 0) is 57.2 Å². The van der Waals surface area contributed by atoms with Crippen LogP contribution in [-0.2, 0) is 19.1 Å². The molecule has 15 heteroatoms. The van der Waals surface area contributed by atoms with E-state index >= 15 is 0 Å². The van der Waals surface area contributed by atoms with E-state index in [4.69, 9.17) is 14.2 Å². The largest absolute Gasteiger partial charge is 0.482 e. The van der Waals surface area contributed by atoms with Gasteiger partial charge in [0, 0.05) is 19.0 Å². The maximum absolute atomic E-state index is 14.0. The first-order valence-electron chi connectivity index (χ1n) is 17.2. The number of alkyl carbamates (subject to hydrolysis) is 1. The van der Waals surface area contributed by atoms with Crippen molar-refractivity contribution in [3.8, 4) is 22.1 Å². The summed E-state index contributed by atoms with van der Waals surface area (Å²) in [6.45, 7) is 14.5. The van der Waals surface area contributed by atoms with E-state index in [1.165, 1.54) is 11.1 Å². The third-order valence-corrected chi connectivity index (χ3v) is 9.14. The summed E-state index contributed by atoms with van der Waals surface area (Å²) in [4.78, 5) is 63.2. The van der Waals surface area contributed by atoms with Gasteiger partial charge >= 0.3 is 6.09 Å². The molecular formula is C37H50N6O8S. The number of aromatic nitrogens is 2. The maximum atomic E-state index is 14.0. The lowest BCUT2D eigenvalue weighted by Crippen LogP contribution is -2.58. The van der Waals surface area contributed by atoms with Gasteiger partial charge in [-0.15, -0.1) is 11.3 Å². The Labute approximate surface area is 308 Å². The first-order valence-corrected chi connectivity index (χ1v) is 18.1. The molecule has 282 valence electrons. The molecule has 52 heavy (non-hydrogen) atoms. The molecule has 1 aromatic carbocycles. The topological polar surface area (TPSA) is 181 Å². The molecule has 1 aliphatic heterocycles. The molecule has 0 radical (unpaired) electrons. The average molecular weight is 739 g/mol. The van der Waals surface area contributed by atoms with Gasteiger partial charge in [-0.2, -0.15) is 0 Å². The van der Waals surface area contributed by atoms with E-state index < -0.39 is 53.7 Å². The second-order valence-electron chi connectivity index (χ2n) is 14.8. The number of hydrogen-bond donors (Lipinski definition) is 4. The molecule has 3 aromatic rings. The van der Waals surface area contributed by atoms with Crippen molar-refractivity contribution in [1.29, 1.82) is 0 Å². The molecule has 4 amide bonds. The van der Waals surface area contributed by atoms with Gasteiger partial charge in [-0.25, -0.2) is 14.8 Å². The van der Waals surface area contributed by atoms with Crippen molar-refractivity contribution in [2.75, 3.05) is 26.3 Å². The molecule has 0 bridgehead atoms. The normalized spacial score (nSPS) is 17.1. The summed E-state index contributed by atoms with van der Waals surface area (Å²) >= 11 is 1.57. The van der Waals surface area contributed by atoms with Crippen LogP contribution in [0.1, 0.15) is 72.2 Å². The predicted molar refractivity (Wildman–Crippen MR) is 196 cm³/mol. The zero-order valence-corrected chi connectivity index (χ0v) is 31.8. The molecule has 0 saturated carbocycles. The van der Waals surface area contributed by atoms with Gasteiger partial charge in [0.15, 0.2) is 6.61 Å². The number of pyridine rings is 1. The number of likely N-dealkylation sites (tertiary alicyclic amines) is 1. The van der Waals surface area contributed by atoms with E-state index in [2.05, 4.69) is 25.9 Å². The van der Waals surface area contributed by atoms with Crippen molar-refractivity contribution in [3.63, 3.8) is 0 Å². The fourth-order valence-electron chi connectivity index (χ4n) is 5.53. The monoisotopic (exact) mass is 738 g/mol. The van der Waals surface area contributed by atoms with Gasteiger partial charge in [0.1, 0.15) is 30.0 Å². The molecule has 0 spiro atoms. The standard InChI is InChI=1S/C37H50N6O8S/c1-22(24-9-11-25(12-10-24)31-23(2)40-21-52-31)41-33(46)28-17-26(44)19-43(28)34(47)32(36(3,4)5)42-29(45)20-50-27-13-14-30(39-18-27)49-16-15-38-35(48)51-37(6,7)8/h9-14,18,21-22,26,28,32,44H,15-17,19-20H2,1-8H3,(H,38,48)(H,41,46)(H,42,45)/t22-,26+,28-,32+/m0/s1. The number of rotatable bonds is 13. The SMILES string of the molecule is Cc1ncsc1-c1ccc([C@H](C)NC(=O)[C@@H]2C[C@@H](O)CN2C(=O)[C@@H](NC(=O)COc2ccc(OCCNC(=O)OC(C)(C)C)nc2)C(C)(C)C)cc1. The maximum Gasteiger partial charge on any atom is 0.407 e. The quantitative estimate of drug-likeness (QED) is 0.186. The molecule has 1 fully saturated rings. The highest BCUT2D eigenvalue weighted by atomic mass is 32.1. The Hall–Kier alpha value is -4.76. The summed E-state index contributed by atoms with van der Waals surface area (Å²) in [6, 6.07) is 8.75. The summed E-state index contributed by atoms with van der Waals surface area (Å²) in [5.41, 5.74) is 3.37. The number of nitrogens with zero attached hydrogens (tertiary/aromatic N) is 3. The minimum absolute atomic E-state index is 0.0374. The van der Waals surface area contributed by atoms with Crippen LogP contribution in [0.25, 0.3) is 10.4 Å². The number of hydrogen-bond acceptors (Lipinski definition) is 11. The smallest absolute Gasteiger partial charge is 0.407 e. The van der Waals surface area contributed by atoms with Crippen LogP contribution in [0, 0.1) is 12.3 Å². The Balaban J connectivity index is 1.30. The van der Waals surface area contributed by atoms with Gasteiger partial charge in [0.05, 0.1) is 41.0 Å². The van der Waals surface area contributed by atoms with Gasteiger partial charge in [0.2, 0.25) is 17.7 Å². The van der Waals surface area contributed by atoms with Crippen LogP contribution in [0.2, 0.25) is 0 Å². The first kappa shape index (κ1) is 40.0. The second kappa shape index (κ2) is 17.2. The molecule has 2 aromatic heterocycles. The molecule has 0 aliphatic carbocycles. The van der Waals surface area contributed by atoms with Crippen LogP contribution in [0.5, 0.6) is 11.6 Å². The lowest BCUT2D eigenvalue weighted by Gasteiger charge is -2.35. The molecular weight excluding hydrogens is 689 g/mol. The third-order valence-electron chi connectivity index (χ3n) is 8.16. The van der Waals surface area contributed by atoms with Crippen molar-refractivity contribution in [2.24, 2.45) is 5.41 Å². The molecule has 1 saturated heterocycles. The van der Waals surface area contributed by atoms with Crippen LogP contribution in [-0.4, -0.2) is 93.9 Å². The third kappa shape index (κ3) is 11.4. The van der Waals surface area contributed by atoms with Gasteiger partial charge in [-0.3, -0.25) is 14.4 Å². The predicted octanol–water partition coefficient (Wildman–Crippen LogP) is 4.17. The van der Waals surface area contributed by atoms with Crippen molar-refractivity contribution < 1.29 is 38.5 Å². The van der Waals surface area contributed by atoms with Crippen molar-refractivity contribution in [3.05, 3.63) is 59.4 Å². The Kier molecular flexibility index (Phi) is 13.2. The minimum atomic E-state index is -1.01. The number of ether oxygens (including phenoxy) is 3. The number of benzene rings is 1. The Morgan fingerprint density at radius 1 is 1.00 bits per heavy atom. The van der Waals surface area contributed by atoms with Crippen LogP contribution in [0.15, 0.2) is 48.1 Å². The number of aliphatic hydroxyl groups is 1. The first-order chi connectivity index (χ1) is 24.4. The van der Waals surface area contributed by atoms with Crippen molar-refractivity contribution in [1.82, 2.24) is 30.8 Å².